The number of ether oxygens (including phenoxy) is 3. The number of carbonyl (C=O) groups excluding carboxylic acids is 3. The first kappa shape index (κ1) is 51.4. The molecule has 0 fully saturated rings. The maximum absolute atomic E-state index is 12.7. The highest BCUT2D eigenvalue weighted by molar-refractivity contribution is 5.71. The topological polar surface area (TPSA) is 78.9 Å². The summed E-state index contributed by atoms with van der Waals surface area (Å²) >= 11 is 0. The minimum atomic E-state index is -0.761. The molecular formula is C47H90O6. The average Bonchev–Trinajstić information content (AvgIpc) is 3.14. The van der Waals surface area contributed by atoms with Gasteiger partial charge in [0.25, 0.3) is 0 Å². The number of hydrogen-bond donors (Lipinski definition) is 0. The Balaban J connectivity index is 4.27. The average molecular weight is 751 g/mol. The normalized spacial score (nSPS) is 12.6. The molecular weight excluding hydrogens is 661 g/mol. The van der Waals surface area contributed by atoms with Gasteiger partial charge >= 0.3 is 17.9 Å². The summed E-state index contributed by atoms with van der Waals surface area (Å²) in [6.45, 7) is 11.2. The standard InChI is InChI=1S/C47H90O6/c1-6-8-9-10-11-12-13-14-15-16-17-18-19-20-27-32-37-45(48)51-40-44(53-47(50)39-34-29-23-21-25-30-35-42(3)4)41-52-46(49)38-33-28-24-22-26-31-36-43(5)7-2/h42-44H,6-41H2,1-5H3/t43?,44-/m1/s1. The summed E-state index contributed by atoms with van der Waals surface area (Å²) in [4.78, 5) is 37.7. The van der Waals surface area contributed by atoms with Gasteiger partial charge in [0.15, 0.2) is 6.10 Å². The van der Waals surface area contributed by atoms with Gasteiger partial charge in [-0.05, 0) is 31.1 Å². The van der Waals surface area contributed by atoms with Crippen LogP contribution in [-0.4, -0.2) is 37.2 Å². The van der Waals surface area contributed by atoms with Crippen molar-refractivity contribution in [2.45, 2.75) is 259 Å². The molecule has 0 N–H and O–H groups in total. The summed E-state index contributed by atoms with van der Waals surface area (Å²) in [5.41, 5.74) is 0. The molecule has 0 amide bonds. The lowest BCUT2D eigenvalue weighted by molar-refractivity contribution is -0.167. The van der Waals surface area contributed by atoms with Crippen molar-refractivity contribution in [1.82, 2.24) is 0 Å². The van der Waals surface area contributed by atoms with E-state index in [-0.39, 0.29) is 31.1 Å². The quantitative estimate of drug-likeness (QED) is 0.0352. The molecule has 6 heteroatoms. The second-order valence-electron chi connectivity index (χ2n) is 16.8. The van der Waals surface area contributed by atoms with Gasteiger partial charge in [-0.25, -0.2) is 0 Å². The highest BCUT2D eigenvalue weighted by Crippen LogP contribution is 2.17. The third-order valence-electron chi connectivity index (χ3n) is 10.8. The zero-order valence-corrected chi connectivity index (χ0v) is 36.1. The van der Waals surface area contributed by atoms with E-state index in [0.29, 0.717) is 19.3 Å². The summed E-state index contributed by atoms with van der Waals surface area (Å²) in [6, 6.07) is 0. The molecule has 0 aliphatic heterocycles. The molecule has 0 aromatic rings. The van der Waals surface area contributed by atoms with Gasteiger partial charge in [0.1, 0.15) is 13.2 Å². The van der Waals surface area contributed by atoms with Crippen molar-refractivity contribution in [3.63, 3.8) is 0 Å². The number of rotatable bonds is 41. The highest BCUT2D eigenvalue weighted by atomic mass is 16.6. The van der Waals surface area contributed by atoms with Crippen LogP contribution >= 0.6 is 0 Å². The van der Waals surface area contributed by atoms with Crippen LogP contribution in [0.3, 0.4) is 0 Å². The Hall–Kier alpha value is -1.59. The van der Waals surface area contributed by atoms with Crippen LogP contribution in [0.1, 0.15) is 253 Å². The van der Waals surface area contributed by atoms with Crippen LogP contribution < -0.4 is 0 Å². The van der Waals surface area contributed by atoms with Crippen LogP contribution in [-0.2, 0) is 28.6 Å². The van der Waals surface area contributed by atoms with Crippen molar-refractivity contribution in [1.29, 1.82) is 0 Å². The third kappa shape index (κ3) is 39.9. The number of unbranched alkanes of at least 4 members (excludes halogenated alkanes) is 25. The van der Waals surface area contributed by atoms with Gasteiger partial charge in [-0.15, -0.1) is 0 Å². The summed E-state index contributed by atoms with van der Waals surface area (Å²) < 4.78 is 16.7. The van der Waals surface area contributed by atoms with Crippen molar-refractivity contribution in [3.05, 3.63) is 0 Å². The summed E-state index contributed by atoms with van der Waals surface area (Å²) in [6.07, 6.45) is 38.2. The van der Waals surface area contributed by atoms with Crippen LogP contribution in [0.2, 0.25) is 0 Å². The Morgan fingerprint density at radius 1 is 0.396 bits per heavy atom. The lowest BCUT2D eigenvalue weighted by Gasteiger charge is -2.18. The van der Waals surface area contributed by atoms with Crippen LogP contribution in [0.4, 0.5) is 0 Å². The SMILES string of the molecule is CCCCCCCCCCCCCCCCCCC(=O)OC[C@H](COC(=O)CCCCCCCCC(C)CC)OC(=O)CCCCCCCCC(C)C. The molecule has 0 aromatic carbocycles. The van der Waals surface area contributed by atoms with Gasteiger partial charge in [0.05, 0.1) is 0 Å². The van der Waals surface area contributed by atoms with E-state index in [1.54, 1.807) is 0 Å². The molecule has 6 nitrogen and oxygen atoms in total. The second kappa shape index (κ2) is 40.1. The molecule has 1 unspecified atom stereocenters. The maximum Gasteiger partial charge on any atom is 0.306 e. The summed E-state index contributed by atoms with van der Waals surface area (Å²) in [7, 11) is 0. The number of esters is 3. The van der Waals surface area contributed by atoms with Crippen molar-refractivity contribution in [2.24, 2.45) is 11.8 Å². The molecule has 2 atom stereocenters. The first-order valence-corrected chi connectivity index (χ1v) is 23.3. The van der Waals surface area contributed by atoms with Gasteiger partial charge in [0, 0.05) is 19.3 Å². The van der Waals surface area contributed by atoms with Gasteiger partial charge in [0.2, 0.25) is 0 Å². The minimum Gasteiger partial charge on any atom is -0.462 e. The van der Waals surface area contributed by atoms with Crippen LogP contribution in [0, 0.1) is 11.8 Å². The van der Waals surface area contributed by atoms with E-state index in [9.17, 15) is 14.4 Å². The van der Waals surface area contributed by atoms with E-state index in [1.807, 2.05) is 0 Å². The van der Waals surface area contributed by atoms with Gasteiger partial charge in [-0.3, -0.25) is 14.4 Å². The van der Waals surface area contributed by atoms with E-state index in [1.165, 1.54) is 141 Å². The Kier molecular flexibility index (Phi) is 38.9. The van der Waals surface area contributed by atoms with E-state index >= 15 is 0 Å². The Morgan fingerprint density at radius 2 is 0.717 bits per heavy atom. The van der Waals surface area contributed by atoms with E-state index in [2.05, 4.69) is 34.6 Å². The molecule has 0 spiro atoms. The van der Waals surface area contributed by atoms with E-state index < -0.39 is 6.10 Å². The molecule has 0 aliphatic rings. The second-order valence-corrected chi connectivity index (χ2v) is 16.8. The zero-order valence-electron chi connectivity index (χ0n) is 36.1. The summed E-state index contributed by atoms with van der Waals surface area (Å²) in [5.74, 6) is 0.709. The zero-order chi connectivity index (χ0) is 39.0. The minimum absolute atomic E-state index is 0.0663. The molecule has 0 radical (unpaired) electrons. The molecule has 0 saturated carbocycles. The van der Waals surface area contributed by atoms with E-state index in [0.717, 1.165) is 69.6 Å². The van der Waals surface area contributed by atoms with Gasteiger partial charge in [-0.1, -0.05) is 214 Å². The highest BCUT2D eigenvalue weighted by Gasteiger charge is 2.19. The largest absolute Gasteiger partial charge is 0.462 e. The van der Waals surface area contributed by atoms with Crippen molar-refractivity contribution >= 4 is 17.9 Å². The Bertz CT molecular complexity index is 811. The summed E-state index contributed by atoms with van der Waals surface area (Å²) in [5, 5.41) is 0. The van der Waals surface area contributed by atoms with Crippen molar-refractivity contribution in [3.8, 4) is 0 Å². The smallest absolute Gasteiger partial charge is 0.306 e. The molecule has 314 valence electrons. The van der Waals surface area contributed by atoms with Crippen molar-refractivity contribution in [2.75, 3.05) is 13.2 Å². The maximum atomic E-state index is 12.7. The Morgan fingerprint density at radius 3 is 1.08 bits per heavy atom. The first-order valence-electron chi connectivity index (χ1n) is 23.3. The molecule has 0 saturated heterocycles. The molecule has 0 bridgehead atoms. The monoisotopic (exact) mass is 751 g/mol. The lowest BCUT2D eigenvalue weighted by atomic mass is 10.00. The van der Waals surface area contributed by atoms with Crippen LogP contribution in [0.25, 0.3) is 0 Å². The predicted octanol–water partition coefficient (Wildman–Crippen LogP) is 14.6. The fraction of sp³-hybridized carbons (Fsp3) is 0.936. The lowest BCUT2D eigenvalue weighted by Crippen LogP contribution is -2.30. The molecule has 53 heavy (non-hydrogen) atoms. The third-order valence-corrected chi connectivity index (χ3v) is 10.8. The Labute approximate surface area is 329 Å². The van der Waals surface area contributed by atoms with Crippen molar-refractivity contribution < 1.29 is 28.6 Å². The van der Waals surface area contributed by atoms with Gasteiger partial charge in [-0.2, -0.15) is 0 Å². The van der Waals surface area contributed by atoms with E-state index in [4.69, 9.17) is 14.2 Å². The fourth-order valence-electron chi connectivity index (χ4n) is 6.90. The molecule has 0 heterocycles. The molecule has 0 aromatic heterocycles. The molecule has 0 rings (SSSR count). The number of hydrogen-bond acceptors (Lipinski definition) is 6. The van der Waals surface area contributed by atoms with Gasteiger partial charge < -0.3 is 14.2 Å². The number of carbonyl (C=O) groups is 3. The van der Waals surface area contributed by atoms with Crippen LogP contribution in [0.5, 0.6) is 0 Å². The first-order chi connectivity index (χ1) is 25.8. The fourth-order valence-corrected chi connectivity index (χ4v) is 6.90. The molecule has 0 aliphatic carbocycles. The van der Waals surface area contributed by atoms with Crippen LogP contribution in [0.15, 0.2) is 0 Å². The predicted molar refractivity (Wildman–Crippen MR) is 224 cm³/mol.